The number of carbonyl (C=O) groups excluding carboxylic acids is 3. The Morgan fingerprint density at radius 1 is 0.833 bits per heavy atom. The van der Waals surface area contributed by atoms with E-state index >= 15 is 4.79 Å². The number of ether oxygens (including phenoxy) is 1. The molecule has 6 aliphatic rings. The van der Waals surface area contributed by atoms with Crippen molar-refractivity contribution in [2.24, 2.45) is 62.1 Å². The number of hydrogen-bond donors (Lipinski definition) is 1. The van der Waals surface area contributed by atoms with Gasteiger partial charge in [0.05, 0.1) is 17.3 Å². The summed E-state index contributed by atoms with van der Waals surface area (Å²) in [7, 11) is 4.03. The van der Waals surface area contributed by atoms with Crippen LogP contribution in [0.2, 0.25) is 0 Å². The molecule has 10 atom stereocenters. The van der Waals surface area contributed by atoms with Crippen molar-refractivity contribution in [3.63, 3.8) is 0 Å². The standard InChI is InChI=1S/C51H75N3O6/c1-33(2)36-20-25-51(44(57)54-30-28-53(29-31-54)41(55)19-14-34-12-15-35(16-13-34)52(10)11)27-26-49(8)37(43(36)51)17-18-39-48(7)23-22-40(60-42(56)32-46(3,4)45(58)59)47(5,6)38(48)21-24-50(39,49)9/h12-16,19,36-40,43H,1,17-18,20-32H2,2-11H3,(H,58,59)/b19-14+/t36-,37+,38-,39+,40-,43+,48-,49+,50+,51-/m0/s1. The lowest BCUT2D eigenvalue weighted by Gasteiger charge is -2.73. The van der Waals surface area contributed by atoms with Gasteiger partial charge < -0.3 is 24.5 Å². The number of allylic oxidation sites excluding steroid dienone is 1. The first-order valence-electron chi connectivity index (χ1n) is 23.1. The summed E-state index contributed by atoms with van der Waals surface area (Å²) in [6.45, 7) is 24.5. The predicted molar refractivity (Wildman–Crippen MR) is 238 cm³/mol. The monoisotopic (exact) mass is 826 g/mol. The van der Waals surface area contributed by atoms with Gasteiger partial charge in [0, 0.05) is 57.5 Å². The van der Waals surface area contributed by atoms with E-state index in [2.05, 4.69) is 70.1 Å². The highest BCUT2D eigenvalue weighted by molar-refractivity contribution is 5.92. The van der Waals surface area contributed by atoms with Crippen molar-refractivity contribution >= 4 is 35.5 Å². The lowest BCUT2D eigenvalue weighted by atomic mass is 9.32. The Bertz CT molecular complexity index is 1890. The molecule has 1 aromatic carbocycles. The molecule has 6 fully saturated rings. The predicted octanol–water partition coefficient (Wildman–Crippen LogP) is 9.51. The van der Waals surface area contributed by atoms with Crippen molar-refractivity contribution in [3.8, 4) is 0 Å². The average Bonchev–Trinajstić information content (AvgIpc) is 3.59. The lowest BCUT2D eigenvalue weighted by Crippen LogP contribution is -2.68. The number of hydrogen-bond acceptors (Lipinski definition) is 6. The number of carboxylic acid groups (broad SMARTS) is 1. The van der Waals surface area contributed by atoms with E-state index < -0.39 is 17.4 Å². The molecule has 1 saturated heterocycles. The number of piperazine rings is 1. The summed E-state index contributed by atoms with van der Waals surface area (Å²) in [5, 5.41) is 9.66. The lowest BCUT2D eigenvalue weighted by molar-refractivity contribution is -0.250. The molecule has 1 heterocycles. The summed E-state index contributed by atoms with van der Waals surface area (Å²) in [5.74, 6) is 0.876. The molecule has 0 radical (unpaired) electrons. The van der Waals surface area contributed by atoms with E-state index in [-0.39, 0.29) is 51.4 Å². The van der Waals surface area contributed by atoms with Crippen LogP contribution < -0.4 is 4.90 Å². The molecule has 1 aliphatic heterocycles. The second-order valence-electron chi connectivity index (χ2n) is 22.5. The highest BCUT2D eigenvalue weighted by Crippen LogP contribution is 2.77. The maximum Gasteiger partial charge on any atom is 0.309 e. The van der Waals surface area contributed by atoms with Crippen molar-refractivity contribution in [2.45, 2.75) is 132 Å². The summed E-state index contributed by atoms with van der Waals surface area (Å²) < 4.78 is 6.20. The Balaban J connectivity index is 1.06. The molecule has 9 heteroatoms. The summed E-state index contributed by atoms with van der Waals surface area (Å²) in [6.07, 6.45) is 13.4. The number of benzene rings is 1. The first-order chi connectivity index (χ1) is 28.0. The number of rotatable bonds is 9. The maximum absolute atomic E-state index is 15.2. The average molecular weight is 826 g/mol. The fourth-order valence-electron chi connectivity index (χ4n) is 14.9. The third kappa shape index (κ3) is 7.13. The van der Waals surface area contributed by atoms with Crippen molar-refractivity contribution in [3.05, 3.63) is 48.1 Å². The summed E-state index contributed by atoms with van der Waals surface area (Å²) in [5.41, 5.74) is 1.82. The van der Waals surface area contributed by atoms with Crippen molar-refractivity contribution in [2.75, 3.05) is 45.2 Å². The molecular weight excluding hydrogens is 751 g/mol. The second kappa shape index (κ2) is 15.6. The van der Waals surface area contributed by atoms with Crippen molar-refractivity contribution < 1.29 is 29.0 Å². The minimum Gasteiger partial charge on any atom is -0.481 e. The van der Waals surface area contributed by atoms with E-state index in [1.165, 1.54) is 5.57 Å². The Morgan fingerprint density at radius 2 is 1.48 bits per heavy atom. The molecule has 0 unspecified atom stereocenters. The number of aliphatic carboxylic acids is 1. The van der Waals surface area contributed by atoms with E-state index in [0.29, 0.717) is 55.8 Å². The Kier molecular flexibility index (Phi) is 11.6. The van der Waals surface area contributed by atoms with Gasteiger partial charge in [0.25, 0.3) is 0 Å². The second-order valence-corrected chi connectivity index (χ2v) is 22.5. The van der Waals surface area contributed by atoms with Crippen molar-refractivity contribution in [1.29, 1.82) is 0 Å². The highest BCUT2D eigenvalue weighted by atomic mass is 16.5. The Hall–Kier alpha value is -3.62. The van der Waals surface area contributed by atoms with Gasteiger partial charge in [0.15, 0.2) is 0 Å². The van der Waals surface area contributed by atoms with Crippen LogP contribution in [0.5, 0.6) is 0 Å². The molecule has 7 rings (SSSR count). The fourth-order valence-corrected chi connectivity index (χ4v) is 14.9. The molecule has 5 aliphatic carbocycles. The van der Waals surface area contributed by atoms with Crippen LogP contribution in [0.4, 0.5) is 5.69 Å². The zero-order valence-electron chi connectivity index (χ0n) is 38.6. The van der Waals surface area contributed by atoms with Crippen LogP contribution in [0.1, 0.15) is 132 Å². The van der Waals surface area contributed by atoms with Crippen LogP contribution in [0, 0.1) is 62.1 Å². The molecular formula is C51H75N3O6. The topological polar surface area (TPSA) is 107 Å². The van der Waals surface area contributed by atoms with Crippen LogP contribution in [0.15, 0.2) is 42.5 Å². The Morgan fingerprint density at radius 3 is 2.10 bits per heavy atom. The van der Waals surface area contributed by atoms with E-state index in [4.69, 9.17) is 4.74 Å². The fraction of sp³-hybridized carbons (Fsp3) is 0.725. The molecule has 5 saturated carbocycles. The van der Waals surface area contributed by atoms with Gasteiger partial charge in [-0.15, -0.1) is 0 Å². The van der Waals surface area contributed by atoms with E-state index in [1.807, 2.05) is 37.2 Å². The smallest absolute Gasteiger partial charge is 0.309 e. The minimum absolute atomic E-state index is 0.00226. The third-order valence-corrected chi connectivity index (χ3v) is 18.6. The zero-order chi connectivity index (χ0) is 43.8. The number of carbonyl (C=O) groups is 4. The normalized spacial score (nSPS) is 37.3. The number of carboxylic acids is 1. The number of fused-ring (bicyclic) bond motifs is 7. The molecule has 1 N–H and O–H groups in total. The van der Waals surface area contributed by atoms with Crippen LogP contribution in [0.3, 0.4) is 0 Å². The van der Waals surface area contributed by atoms with E-state index in [1.54, 1.807) is 19.9 Å². The number of anilines is 1. The van der Waals surface area contributed by atoms with Crippen molar-refractivity contribution in [1.82, 2.24) is 9.80 Å². The van der Waals surface area contributed by atoms with E-state index in [0.717, 1.165) is 75.5 Å². The third-order valence-electron chi connectivity index (χ3n) is 18.6. The number of esters is 1. The molecule has 0 bridgehead atoms. The van der Waals surface area contributed by atoms with Gasteiger partial charge in [-0.25, -0.2) is 0 Å². The minimum atomic E-state index is -1.16. The summed E-state index contributed by atoms with van der Waals surface area (Å²) >= 11 is 0. The van der Waals surface area contributed by atoms with Gasteiger partial charge in [-0.2, -0.15) is 0 Å². The molecule has 9 nitrogen and oxygen atoms in total. The SMILES string of the molecule is C=C(C)[C@@H]1CC[C@]2(C(=O)N3CCN(C(=O)/C=C/c4ccc(N(C)C)cc4)CC3)CC[C@]3(C)[C@H](CC[C@@H]4[C@@]5(C)CC[C@H](OC(=O)CC(C)(C)C(=O)O)C(C)(C)[C@@H]5CC[C@]43C)[C@@H]12. The van der Waals surface area contributed by atoms with Crippen LogP contribution in [-0.2, 0) is 23.9 Å². The van der Waals surface area contributed by atoms with Gasteiger partial charge >= 0.3 is 11.9 Å². The molecule has 60 heavy (non-hydrogen) atoms. The molecule has 0 spiro atoms. The van der Waals surface area contributed by atoms with E-state index in [9.17, 15) is 19.5 Å². The molecule has 330 valence electrons. The van der Waals surface area contributed by atoms with Gasteiger partial charge in [0.1, 0.15) is 6.10 Å². The van der Waals surface area contributed by atoms with Crippen LogP contribution in [-0.4, -0.2) is 85.0 Å². The molecule has 1 aromatic rings. The maximum atomic E-state index is 15.2. The highest BCUT2D eigenvalue weighted by Gasteiger charge is 2.72. The van der Waals surface area contributed by atoms with Gasteiger partial charge in [-0.3, -0.25) is 19.2 Å². The zero-order valence-corrected chi connectivity index (χ0v) is 38.6. The first kappa shape index (κ1) is 44.4. The van der Waals surface area contributed by atoms with Gasteiger partial charge in [-0.1, -0.05) is 58.9 Å². The van der Waals surface area contributed by atoms with Gasteiger partial charge in [0.2, 0.25) is 11.8 Å². The Labute approximate surface area is 360 Å². The summed E-state index contributed by atoms with van der Waals surface area (Å²) in [4.78, 5) is 59.5. The van der Waals surface area contributed by atoms with Gasteiger partial charge in [-0.05, 0) is 155 Å². The van der Waals surface area contributed by atoms with Crippen LogP contribution >= 0.6 is 0 Å². The quantitative estimate of drug-likeness (QED) is 0.150. The number of amides is 2. The summed E-state index contributed by atoms with van der Waals surface area (Å²) in [6, 6.07) is 8.16. The molecule has 0 aromatic heterocycles. The largest absolute Gasteiger partial charge is 0.481 e. The van der Waals surface area contributed by atoms with Crippen LogP contribution in [0.25, 0.3) is 6.08 Å². The first-order valence-corrected chi connectivity index (χ1v) is 23.1. The molecule has 2 amide bonds. The number of nitrogens with zero attached hydrogens (tertiary/aromatic N) is 3.